The number of para-hydroxylation sites is 1. The molecule has 0 saturated heterocycles. The summed E-state index contributed by atoms with van der Waals surface area (Å²) >= 11 is 6.66. The number of halogens is 2. The predicted molar refractivity (Wildman–Crippen MR) is 139 cm³/mol. The molecule has 0 radical (unpaired) electrons. The molecule has 0 aromatic heterocycles. The maximum absolute atomic E-state index is 13.0. The molecule has 1 aliphatic heterocycles. The SMILES string of the molecule is O=C(/C=C/[C@@H](Oc1ccccc1)[C@H](OC(=O)Nc1ccc2c(c1)OCO2)c1cc(Br)cc(Br)c1O)NO. The third-order valence-electron chi connectivity index (χ3n) is 5.08. The molecule has 1 aliphatic rings. The Labute approximate surface area is 228 Å². The summed E-state index contributed by atoms with van der Waals surface area (Å²) < 4.78 is 23.3. The number of hydrogen-bond donors (Lipinski definition) is 4. The summed E-state index contributed by atoms with van der Waals surface area (Å²) in [5.74, 6) is 0.381. The summed E-state index contributed by atoms with van der Waals surface area (Å²) in [5, 5.41) is 22.4. The van der Waals surface area contributed by atoms with Crippen molar-refractivity contribution in [2.45, 2.75) is 12.2 Å². The third kappa shape index (κ3) is 6.73. The maximum Gasteiger partial charge on any atom is 0.412 e. The Bertz CT molecular complexity index is 1320. The van der Waals surface area contributed by atoms with Gasteiger partial charge in [-0.15, -0.1) is 0 Å². The van der Waals surface area contributed by atoms with Gasteiger partial charge in [-0.3, -0.25) is 15.3 Å². The number of nitrogens with one attached hydrogen (secondary N) is 2. The Morgan fingerprint density at radius 3 is 2.54 bits per heavy atom. The van der Waals surface area contributed by atoms with E-state index in [1.807, 2.05) is 0 Å². The molecule has 0 fully saturated rings. The normalized spacial score (nSPS) is 13.6. The molecule has 4 rings (SSSR count). The number of fused-ring (bicyclic) bond motifs is 1. The molecule has 3 aromatic carbocycles. The number of amides is 2. The first-order valence-electron chi connectivity index (χ1n) is 10.7. The van der Waals surface area contributed by atoms with Crippen LogP contribution in [0.2, 0.25) is 0 Å². The molecule has 0 spiro atoms. The lowest BCUT2D eigenvalue weighted by Gasteiger charge is -2.27. The number of hydrogen-bond acceptors (Lipinski definition) is 8. The fraction of sp³-hybridized carbons (Fsp3) is 0.120. The second-order valence-electron chi connectivity index (χ2n) is 7.58. The number of benzene rings is 3. The maximum atomic E-state index is 13.0. The topological polar surface area (TPSA) is 136 Å². The van der Waals surface area contributed by atoms with Gasteiger partial charge in [0, 0.05) is 27.9 Å². The van der Waals surface area contributed by atoms with Crippen LogP contribution < -0.4 is 25.0 Å². The quantitative estimate of drug-likeness (QED) is 0.146. The Kier molecular flexibility index (Phi) is 8.54. The zero-order valence-corrected chi connectivity index (χ0v) is 22.1. The van der Waals surface area contributed by atoms with Gasteiger partial charge >= 0.3 is 6.09 Å². The van der Waals surface area contributed by atoms with Crippen LogP contribution >= 0.6 is 31.9 Å². The highest BCUT2D eigenvalue weighted by Crippen LogP contribution is 2.40. The van der Waals surface area contributed by atoms with Crippen molar-refractivity contribution in [1.29, 1.82) is 0 Å². The number of rotatable bonds is 8. The molecule has 2 amide bonds. The number of carbonyl (C=O) groups excluding carboxylic acids is 2. The van der Waals surface area contributed by atoms with E-state index in [0.717, 1.165) is 6.08 Å². The lowest BCUT2D eigenvalue weighted by atomic mass is 10.0. The van der Waals surface area contributed by atoms with Gasteiger partial charge in [-0.1, -0.05) is 34.1 Å². The van der Waals surface area contributed by atoms with Crippen LogP contribution in [0.3, 0.4) is 0 Å². The molecule has 0 aliphatic carbocycles. The van der Waals surface area contributed by atoms with Gasteiger partial charge < -0.3 is 24.1 Å². The van der Waals surface area contributed by atoms with Crippen LogP contribution in [0.5, 0.6) is 23.0 Å². The summed E-state index contributed by atoms with van der Waals surface area (Å²) in [6.07, 6.45) is -0.934. The van der Waals surface area contributed by atoms with Crippen LogP contribution in [-0.2, 0) is 9.53 Å². The highest BCUT2D eigenvalue weighted by Gasteiger charge is 2.31. The predicted octanol–water partition coefficient (Wildman–Crippen LogP) is 5.44. The third-order valence-corrected chi connectivity index (χ3v) is 6.14. The van der Waals surface area contributed by atoms with E-state index >= 15 is 0 Å². The van der Waals surface area contributed by atoms with Crippen LogP contribution in [0.1, 0.15) is 11.7 Å². The van der Waals surface area contributed by atoms with Gasteiger partial charge in [0.25, 0.3) is 5.91 Å². The number of anilines is 1. The highest BCUT2D eigenvalue weighted by molar-refractivity contribution is 9.11. The van der Waals surface area contributed by atoms with Crippen LogP contribution in [-0.4, -0.2) is 35.2 Å². The highest BCUT2D eigenvalue weighted by atomic mass is 79.9. The van der Waals surface area contributed by atoms with E-state index in [-0.39, 0.29) is 18.1 Å². The van der Waals surface area contributed by atoms with Crippen molar-refractivity contribution in [3.63, 3.8) is 0 Å². The van der Waals surface area contributed by atoms with Gasteiger partial charge in [0.2, 0.25) is 6.79 Å². The van der Waals surface area contributed by atoms with Crippen LogP contribution in [0.25, 0.3) is 0 Å². The van der Waals surface area contributed by atoms with Crippen LogP contribution in [0, 0.1) is 0 Å². The van der Waals surface area contributed by atoms with E-state index in [1.54, 1.807) is 60.7 Å². The minimum Gasteiger partial charge on any atom is -0.506 e. The molecule has 12 heteroatoms. The molecule has 0 bridgehead atoms. The summed E-state index contributed by atoms with van der Waals surface area (Å²) in [5.41, 5.74) is 2.05. The second-order valence-corrected chi connectivity index (χ2v) is 9.35. The zero-order chi connectivity index (χ0) is 26.4. The molecule has 3 aromatic rings. The van der Waals surface area contributed by atoms with Crippen molar-refractivity contribution in [2.24, 2.45) is 0 Å². The summed E-state index contributed by atoms with van der Waals surface area (Å²) in [7, 11) is 0. The van der Waals surface area contributed by atoms with Gasteiger partial charge in [-0.05, 0) is 58.4 Å². The van der Waals surface area contributed by atoms with E-state index in [0.29, 0.717) is 31.9 Å². The number of carbonyl (C=O) groups is 2. The Morgan fingerprint density at radius 2 is 1.78 bits per heavy atom. The lowest BCUT2D eigenvalue weighted by Crippen LogP contribution is -2.30. The number of phenols is 1. The zero-order valence-electron chi connectivity index (χ0n) is 18.9. The monoisotopic (exact) mass is 634 g/mol. The number of ether oxygens (including phenoxy) is 4. The minimum absolute atomic E-state index is 0.0780. The van der Waals surface area contributed by atoms with Crippen molar-refractivity contribution < 1.29 is 38.9 Å². The Morgan fingerprint density at radius 1 is 1.03 bits per heavy atom. The summed E-state index contributed by atoms with van der Waals surface area (Å²) in [6.45, 7) is 0.0780. The van der Waals surface area contributed by atoms with Crippen molar-refractivity contribution in [3.05, 3.63) is 87.3 Å². The van der Waals surface area contributed by atoms with Gasteiger partial charge in [-0.25, -0.2) is 10.3 Å². The largest absolute Gasteiger partial charge is 0.506 e. The fourth-order valence-corrected chi connectivity index (χ4v) is 4.68. The van der Waals surface area contributed by atoms with Gasteiger partial charge in [0.05, 0.1) is 4.47 Å². The number of hydroxylamine groups is 1. The molecule has 37 heavy (non-hydrogen) atoms. The smallest absolute Gasteiger partial charge is 0.412 e. The van der Waals surface area contributed by atoms with E-state index in [1.165, 1.54) is 11.6 Å². The molecule has 192 valence electrons. The first kappa shape index (κ1) is 26.3. The van der Waals surface area contributed by atoms with Gasteiger partial charge in [-0.2, -0.15) is 0 Å². The molecule has 0 saturated carbocycles. The summed E-state index contributed by atoms with van der Waals surface area (Å²) in [6, 6.07) is 16.6. The first-order chi connectivity index (χ1) is 17.8. The van der Waals surface area contributed by atoms with Gasteiger partial charge in [0.15, 0.2) is 23.7 Å². The minimum atomic E-state index is -1.26. The van der Waals surface area contributed by atoms with Crippen LogP contribution in [0.15, 0.2) is 81.8 Å². The molecule has 1 heterocycles. The average molecular weight is 636 g/mol. The standard InChI is InChI=1S/C25H20Br2N2O8/c26-14-10-17(23(31)18(27)11-14)24(20(8-9-22(30)29-33)36-16-4-2-1-3-5-16)37-25(32)28-15-6-7-19-21(12-15)35-13-34-19/h1-12,20,24,31,33H,13H2,(H,28,32)(H,29,30)/b9-8+/t20-,24-/m1/s1. The number of aromatic hydroxyl groups is 1. The van der Waals surface area contributed by atoms with Crippen molar-refractivity contribution in [3.8, 4) is 23.0 Å². The molecule has 10 nitrogen and oxygen atoms in total. The molecule has 2 atom stereocenters. The van der Waals surface area contributed by atoms with E-state index < -0.39 is 24.2 Å². The van der Waals surface area contributed by atoms with E-state index in [2.05, 4.69) is 37.2 Å². The lowest BCUT2D eigenvalue weighted by molar-refractivity contribution is -0.124. The molecule has 0 unspecified atom stereocenters. The number of phenolic OH excluding ortho intramolecular Hbond substituents is 1. The van der Waals surface area contributed by atoms with E-state index in [9.17, 15) is 14.7 Å². The average Bonchev–Trinajstić information content (AvgIpc) is 3.36. The first-order valence-corrected chi connectivity index (χ1v) is 12.3. The van der Waals surface area contributed by atoms with Crippen molar-refractivity contribution in [2.75, 3.05) is 12.1 Å². The Balaban J connectivity index is 1.69. The van der Waals surface area contributed by atoms with Gasteiger partial charge in [0.1, 0.15) is 11.5 Å². The summed E-state index contributed by atoms with van der Waals surface area (Å²) in [4.78, 5) is 24.8. The second kappa shape index (κ2) is 12.0. The fourth-order valence-electron chi connectivity index (χ4n) is 3.42. The molecular weight excluding hydrogens is 616 g/mol. The van der Waals surface area contributed by atoms with Crippen molar-refractivity contribution in [1.82, 2.24) is 5.48 Å². The Hall–Kier alpha value is -3.74. The van der Waals surface area contributed by atoms with E-state index in [4.69, 9.17) is 24.2 Å². The molecule has 4 N–H and O–H groups in total. The van der Waals surface area contributed by atoms with Crippen LogP contribution in [0.4, 0.5) is 10.5 Å². The van der Waals surface area contributed by atoms with Crippen molar-refractivity contribution >= 4 is 49.5 Å². The molecular formula is C25H20Br2N2O8.